The number of para-hydroxylation sites is 2. The summed E-state index contributed by atoms with van der Waals surface area (Å²) in [6, 6.07) is 11.6. The molecule has 0 radical (unpaired) electrons. The van der Waals surface area contributed by atoms with Crippen LogP contribution in [0.4, 0.5) is 11.4 Å². The Balaban J connectivity index is 0.000000243. The van der Waals surface area contributed by atoms with Crippen LogP contribution in [0.15, 0.2) is 58.3 Å². The van der Waals surface area contributed by atoms with E-state index in [0.29, 0.717) is 4.90 Å². The fourth-order valence-electron chi connectivity index (χ4n) is 1.59. The zero-order valence-corrected chi connectivity index (χ0v) is 14.5. The van der Waals surface area contributed by atoms with Crippen molar-refractivity contribution in [2.24, 2.45) is 0 Å². The molecule has 0 saturated heterocycles. The molecule has 0 aliphatic rings. The number of nitro groups is 2. The van der Waals surface area contributed by atoms with Crippen LogP contribution in [0.5, 0.6) is 0 Å². The molecule has 0 unspecified atom stereocenters. The molecule has 0 aliphatic carbocycles. The number of halogens is 1. The van der Waals surface area contributed by atoms with Crippen LogP contribution in [0.25, 0.3) is 0 Å². The van der Waals surface area contributed by atoms with Gasteiger partial charge in [0.25, 0.3) is 20.4 Å². The third kappa shape index (κ3) is 5.48. The summed E-state index contributed by atoms with van der Waals surface area (Å²) in [6.45, 7) is 0. The Bertz CT molecular complexity index is 857. The SMILES string of the molecule is CSc1ccccc1[N+](=O)[O-].O=[N+]([O-])c1ccccc1S(=O)(=O)Cl. The minimum absolute atomic E-state index is 0.181. The van der Waals surface area contributed by atoms with Crippen LogP contribution in [0, 0.1) is 20.2 Å². The maximum Gasteiger partial charge on any atom is 0.289 e. The number of rotatable bonds is 4. The van der Waals surface area contributed by atoms with E-state index in [9.17, 15) is 28.6 Å². The molecule has 8 nitrogen and oxygen atoms in total. The molecule has 0 spiro atoms. The van der Waals surface area contributed by atoms with E-state index in [1.165, 1.54) is 30.0 Å². The van der Waals surface area contributed by atoms with E-state index in [1.807, 2.05) is 6.26 Å². The van der Waals surface area contributed by atoms with Crippen molar-refractivity contribution in [3.8, 4) is 0 Å². The predicted octanol–water partition coefficient (Wildman–Crippen LogP) is 3.84. The maximum atomic E-state index is 10.8. The highest BCUT2D eigenvalue weighted by Gasteiger charge is 2.22. The first-order chi connectivity index (χ1) is 11.2. The molecule has 2 aromatic carbocycles. The van der Waals surface area contributed by atoms with Gasteiger partial charge in [-0.25, -0.2) is 8.42 Å². The molecule has 0 amide bonds. The van der Waals surface area contributed by atoms with Crippen LogP contribution < -0.4 is 0 Å². The second kappa shape index (κ2) is 8.62. The Morgan fingerprint density at radius 1 is 0.917 bits per heavy atom. The van der Waals surface area contributed by atoms with Gasteiger partial charge < -0.3 is 0 Å². The minimum atomic E-state index is -4.05. The molecular formula is C13H11ClN2O6S2. The van der Waals surface area contributed by atoms with E-state index in [2.05, 4.69) is 0 Å². The summed E-state index contributed by atoms with van der Waals surface area (Å²) in [7, 11) is 0.928. The standard InChI is InChI=1S/C7H7NO2S.C6H4ClNO4S/c1-11-7-5-3-2-4-6(7)8(9)10;7-13(11,12)6-4-2-1-3-5(6)8(9)10/h2-5H,1H3;1-4H. The predicted molar refractivity (Wildman–Crippen MR) is 91.0 cm³/mol. The summed E-state index contributed by atoms with van der Waals surface area (Å²) in [6.07, 6.45) is 1.82. The second-order valence-corrected chi connectivity index (χ2v) is 7.47. The summed E-state index contributed by atoms with van der Waals surface area (Å²) >= 11 is 1.38. The van der Waals surface area contributed by atoms with Crippen molar-refractivity contribution >= 4 is 42.9 Å². The van der Waals surface area contributed by atoms with Gasteiger partial charge >= 0.3 is 0 Å². The third-order valence-corrected chi connectivity index (χ3v) is 4.76. The zero-order valence-electron chi connectivity index (χ0n) is 12.2. The molecule has 0 saturated carbocycles. The Morgan fingerprint density at radius 3 is 1.75 bits per heavy atom. The lowest BCUT2D eigenvalue weighted by atomic mass is 10.3. The smallest absolute Gasteiger partial charge is 0.258 e. The number of thioether (sulfide) groups is 1. The lowest BCUT2D eigenvalue weighted by Gasteiger charge is -1.96. The summed E-state index contributed by atoms with van der Waals surface area (Å²) in [5, 5.41) is 20.7. The molecule has 24 heavy (non-hydrogen) atoms. The minimum Gasteiger partial charge on any atom is -0.258 e. The molecule has 11 heteroatoms. The molecule has 0 bridgehead atoms. The number of nitro benzene ring substituents is 2. The number of benzene rings is 2. The van der Waals surface area contributed by atoms with Gasteiger partial charge in [0.2, 0.25) is 0 Å². The fraction of sp³-hybridized carbons (Fsp3) is 0.0769. The van der Waals surface area contributed by atoms with Crippen molar-refractivity contribution in [1.82, 2.24) is 0 Å². The van der Waals surface area contributed by atoms with Gasteiger partial charge in [-0.3, -0.25) is 20.2 Å². The van der Waals surface area contributed by atoms with Crippen molar-refractivity contribution < 1.29 is 18.3 Å². The van der Waals surface area contributed by atoms with E-state index in [0.717, 1.165) is 12.1 Å². The summed E-state index contributed by atoms with van der Waals surface area (Å²) in [5.41, 5.74) is -0.336. The first-order valence-corrected chi connectivity index (χ1v) is 9.67. The molecule has 0 N–H and O–H groups in total. The Hall–Kier alpha value is -2.17. The van der Waals surface area contributed by atoms with Crippen molar-refractivity contribution in [3.05, 3.63) is 68.8 Å². The van der Waals surface area contributed by atoms with E-state index in [-0.39, 0.29) is 10.6 Å². The van der Waals surface area contributed by atoms with Crippen LogP contribution in [0.2, 0.25) is 0 Å². The van der Waals surface area contributed by atoms with Crippen molar-refractivity contribution in [2.45, 2.75) is 9.79 Å². The van der Waals surface area contributed by atoms with Gasteiger partial charge in [0.05, 0.1) is 14.7 Å². The van der Waals surface area contributed by atoms with Gasteiger partial charge in [0, 0.05) is 22.8 Å². The number of nitrogens with zero attached hydrogens (tertiary/aromatic N) is 2. The van der Waals surface area contributed by atoms with Crippen molar-refractivity contribution in [2.75, 3.05) is 6.26 Å². The summed E-state index contributed by atoms with van der Waals surface area (Å²) in [4.78, 5) is 19.8. The molecule has 2 aromatic rings. The van der Waals surface area contributed by atoms with E-state index >= 15 is 0 Å². The van der Waals surface area contributed by atoms with Crippen molar-refractivity contribution in [3.63, 3.8) is 0 Å². The van der Waals surface area contributed by atoms with Crippen LogP contribution in [0.1, 0.15) is 0 Å². The highest BCUT2D eigenvalue weighted by atomic mass is 35.7. The van der Waals surface area contributed by atoms with Gasteiger partial charge in [0.1, 0.15) is 0 Å². The average molecular weight is 391 g/mol. The molecule has 0 fully saturated rings. The highest BCUT2D eigenvalue weighted by molar-refractivity contribution is 8.13. The monoisotopic (exact) mass is 390 g/mol. The van der Waals surface area contributed by atoms with Gasteiger partial charge in [-0.2, -0.15) is 0 Å². The van der Waals surface area contributed by atoms with E-state index in [1.54, 1.807) is 18.2 Å². The summed E-state index contributed by atoms with van der Waals surface area (Å²) in [5.74, 6) is 0. The fourth-order valence-corrected chi connectivity index (χ4v) is 3.19. The Labute approximate surface area is 146 Å². The average Bonchev–Trinajstić information content (AvgIpc) is 2.54. The molecule has 0 aliphatic heterocycles. The number of hydrogen-bond donors (Lipinski definition) is 0. The van der Waals surface area contributed by atoms with E-state index in [4.69, 9.17) is 10.7 Å². The van der Waals surface area contributed by atoms with Gasteiger partial charge in [0.15, 0.2) is 4.90 Å². The molecule has 0 heterocycles. The summed E-state index contributed by atoms with van der Waals surface area (Å²) < 4.78 is 21.6. The van der Waals surface area contributed by atoms with Crippen LogP contribution >= 0.6 is 22.4 Å². The van der Waals surface area contributed by atoms with Crippen LogP contribution in [-0.4, -0.2) is 24.5 Å². The Morgan fingerprint density at radius 2 is 1.38 bits per heavy atom. The normalized spacial score (nSPS) is 10.4. The number of hydrogen-bond acceptors (Lipinski definition) is 7. The molecule has 0 atom stereocenters. The molecule has 2 rings (SSSR count). The highest BCUT2D eigenvalue weighted by Crippen LogP contribution is 2.26. The van der Waals surface area contributed by atoms with Gasteiger partial charge in [-0.05, 0) is 18.4 Å². The largest absolute Gasteiger partial charge is 0.289 e. The second-order valence-electron chi connectivity index (χ2n) is 4.09. The Kier molecular flexibility index (Phi) is 7.14. The van der Waals surface area contributed by atoms with Crippen molar-refractivity contribution in [1.29, 1.82) is 0 Å². The van der Waals surface area contributed by atoms with Crippen LogP contribution in [-0.2, 0) is 9.05 Å². The molecule has 128 valence electrons. The molecular weight excluding hydrogens is 380 g/mol. The topological polar surface area (TPSA) is 120 Å². The van der Waals surface area contributed by atoms with Crippen LogP contribution in [0.3, 0.4) is 0 Å². The van der Waals surface area contributed by atoms with E-state index < -0.39 is 24.6 Å². The maximum absolute atomic E-state index is 10.8. The zero-order chi connectivity index (χ0) is 18.3. The molecule has 0 aromatic heterocycles. The van der Waals surface area contributed by atoms with Gasteiger partial charge in [-0.1, -0.05) is 24.3 Å². The lowest BCUT2D eigenvalue weighted by Crippen LogP contribution is -1.97. The quantitative estimate of drug-likeness (QED) is 0.336. The lowest BCUT2D eigenvalue weighted by molar-refractivity contribution is -0.387. The first-order valence-electron chi connectivity index (χ1n) is 6.14. The van der Waals surface area contributed by atoms with Gasteiger partial charge in [-0.15, -0.1) is 11.8 Å². The first kappa shape index (κ1) is 19.9. The third-order valence-electron chi connectivity index (χ3n) is 2.61.